The van der Waals surface area contributed by atoms with Gasteiger partial charge in [0, 0.05) is 26.6 Å². The average molecular weight is 279 g/mol. The third-order valence-corrected chi connectivity index (χ3v) is 3.06. The minimum Gasteiger partial charge on any atom is -0.480 e. The van der Waals surface area contributed by atoms with Crippen LogP contribution in [0.3, 0.4) is 0 Å². The number of ether oxygens (including phenoxy) is 2. The third-order valence-electron chi connectivity index (χ3n) is 2.14. The van der Waals surface area contributed by atoms with Crippen LogP contribution in [0.15, 0.2) is 0 Å². The molecule has 1 amide bonds. The van der Waals surface area contributed by atoms with E-state index in [0.29, 0.717) is 31.8 Å². The quantitative estimate of drug-likeness (QED) is 0.531. The number of hydrogen-bond acceptors (Lipinski definition) is 5. The second-order valence-corrected chi connectivity index (χ2v) is 4.74. The second kappa shape index (κ2) is 11.3. The maximum absolute atomic E-state index is 11.5. The number of hydrogen-bond donors (Lipinski definition) is 2. The summed E-state index contributed by atoms with van der Waals surface area (Å²) >= 11 is 1.41. The number of rotatable bonds is 11. The summed E-state index contributed by atoms with van der Waals surface area (Å²) in [4.78, 5) is 22.4. The molecule has 0 fully saturated rings. The van der Waals surface area contributed by atoms with E-state index in [1.165, 1.54) is 11.8 Å². The van der Waals surface area contributed by atoms with Gasteiger partial charge in [-0.15, -0.1) is 11.8 Å². The molecule has 2 N–H and O–H groups in total. The largest absolute Gasteiger partial charge is 0.480 e. The summed E-state index contributed by atoms with van der Waals surface area (Å²) in [5.41, 5.74) is 0. The van der Waals surface area contributed by atoms with Crippen LogP contribution in [0.5, 0.6) is 0 Å². The smallest absolute Gasteiger partial charge is 0.326 e. The van der Waals surface area contributed by atoms with Crippen molar-refractivity contribution in [2.75, 3.05) is 38.9 Å². The monoisotopic (exact) mass is 279 g/mol. The van der Waals surface area contributed by atoms with Crippen LogP contribution < -0.4 is 5.32 Å². The molecule has 0 radical (unpaired) electrons. The Kier molecular flexibility index (Phi) is 10.8. The Morgan fingerprint density at radius 1 is 1.28 bits per heavy atom. The van der Waals surface area contributed by atoms with Gasteiger partial charge >= 0.3 is 5.97 Å². The summed E-state index contributed by atoms with van der Waals surface area (Å²) < 4.78 is 9.69. The van der Waals surface area contributed by atoms with Gasteiger partial charge < -0.3 is 19.9 Å². The molecule has 0 aliphatic rings. The Balaban J connectivity index is 3.85. The van der Waals surface area contributed by atoms with Crippen molar-refractivity contribution in [3.8, 4) is 0 Å². The fourth-order valence-corrected chi connectivity index (χ4v) is 1.93. The fraction of sp³-hybridized carbons (Fsp3) is 0.818. The van der Waals surface area contributed by atoms with Gasteiger partial charge in [-0.1, -0.05) is 0 Å². The number of carboxylic acids is 1. The first-order valence-corrected chi connectivity index (χ1v) is 6.85. The molecule has 1 atom stereocenters. The van der Waals surface area contributed by atoms with Gasteiger partial charge in [-0.3, -0.25) is 4.79 Å². The maximum Gasteiger partial charge on any atom is 0.326 e. The highest BCUT2D eigenvalue weighted by atomic mass is 32.2. The minimum absolute atomic E-state index is 0.247. The van der Waals surface area contributed by atoms with Crippen LogP contribution in [-0.4, -0.2) is 62.0 Å². The van der Waals surface area contributed by atoms with Crippen LogP contribution in [0, 0.1) is 0 Å². The van der Waals surface area contributed by atoms with Gasteiger partial charge in [0.2, 0.25) is 5.91 Å². The Morgan fingerprint density at radius 2 is 1.94 bits per heavy atom. The zero-order chi connectivity index (χ0) is 13.8. The molecule has 7 heteroatoms. The van der Waals surface area contributed by atoms with Gasteiger partial charge in [-0.25, -0.2) is 4.79 Å². The standard InChI is InChI=1S/C11H21NO5S/c1-16-5-3-4-9(11(14)15)12-10(13)8-18-7-6-17-2/h9H,3-8H2,1-2H3,(H,12,13)(H,14,15). The van der Waals surface area contributed by atoms with Crippen molar-refractivity contribution in [1.29, 1.82) is 0 Å². The lowest BCUT2D eigenvalue weighted by atomic mass is 10.1. The van der Waals surface area contributed by atoms with Crippen molar-refractivity contribution in [2.45, 2.75) is 18.9 Å². The minimum atomic E-state index is -1.01. The first-order valence-electron chi connectivity index (χ1n) is 5.69. The third kappa shape index (κ3) is 9.26. The van der Waals surface area contributed by atoms with Gasteiger partial charge in [-0.2, -0.15) is 0 Å². The summed E-state index contributed by atoms with van der Waals surface area (Å²) in [5.74, 6) is -0.315. The normalized spacial score (nSPS) is 12.1. The van der Waals surface area contributed by atoms with Crippen molar-refractivity contribution in [2.24, 2.45) is 0 Å². The Labute approximate surface area is 111 Å². The number of thioether (sulfide) groups is 1. The predicted octanol–water partition coefficient (Wildman–Crippen LogP) is 0.362. The van der Waals surface area contributed by atoms with Crippen LogP contribution >= 0.6 is 11.8 Å². The summed E-state index contributed by atoms with van der Waals surface area (Å²) in [6, 6.07) is -0.837. The number of carbonyl (C=O) groups is 2. The molecule has 0 rings (SSSR count). The van der Waals surface area contributed by atoms with Gasteiger partial charge in [0.05, 0.1) is 12.4 Å². The number of aliphatic carboxylic acids is 1. The average Bonchev–Trinajstić information content (AvgIpc) is 2.33. The molecular formula is C11H21NO5S. The highest BCUT2D eigenvalue weighted by molar-refractivity contribution is 7.99. The molecular weight excluding hydrogens is 258 g/mol. The van der Waals surface area contributed by atoms with Crippen molar-refractivity contribution < 1.29 is 24.2 Å². The molecule has 0 saturated heterocycles. The molecule has 0 aromatic rings. The highest BCUT2D eigenvalue weighted by Crippen LogP contribution is 2.02. The van der Waals surface area contributed by atoms with E-state index < -0.39 is 12.0 Å². The summed E-state index contributed by atoms with van der Waals surface area (Å²) in [7, 11) is 3.15. The molecule has 0 aromatic heterocycles. The van der Waals surface area contributed by atoms with Gasteiger partial charge in [0.1, 0.15) is 6.04 Å². The lowest BCUT2D eigenvalue weighted by Gasteiger charge is -2.14. The molecule has 0 aromatic carbocycles. The molecule has 0 aliphatic heterocycles. The SMILES string of the molecule is COCCCC(NC(=O)CSCCOC)C(=O)O. The Morgan fingerprint density at radius 3 is 2.50 bits per heavy atom. The van der Waals surface area contributed by atoms with E-state index >= 15 is 0 Å². The highest BCUT2D eigenvalue weighted by Gasteiger charge is 2.19. The van der Waals surface area contributed by atoms with Crippen LogP contribution in [0.1, 0.15) is 12.8 Å². The fourth-order valence-electron chi connectivity index (χ4n) is 1.23. The molecule has 0 heterocycles. The van der Waals surface area contributed by atoms with Crippen LogP contribution in [0.25, 0.3) is 0 Å². The molecule has 0 spiro atoms. The lowest BCUT2D eigenvalue weighted by molar-refractivity contribution is -0.141. The van der Waals surface area contributed by atoms with E-state index in [1.807, 2.05) is 0 Å². The van der Waals surface area contributed by atoms with E-state index in [1.54, 1.807) is 14.2 Å². The number of amides is 1. The molecule has 6 nitrogen and oxygen atoms in total. The van der Waals surface area contributed by atoms with E-state index in [-0.39, 0.29) is 11.7 Å². The topological polar surface area (TPSA) is 84.9 Å². The van der Waals surface area contributed by atoms with Crippen LogP contribution in [0.4, 0.5) is 0 Å². The number of carboxylic acid groups (broad SMARTS) is 1. The van der Waals surface area contributed by atoms with Gasteiger partial charge in [0.15, 0.2) is 0 Å². The van der Waals surface area contributed by atoms with Crippen LogP contribution in [-0.2, 0) is 19.1 Å². The number of carbonyl (C=O) groups excluding carboxylic acids is 1. The predicted molar refractivity (Wildman–Crippen MR) is 69.9 cm³/mol. The van der Waals surface area contributed by atoms with Crippen molar-refractivity contribution in [1.82, 2.24) is 5.32 Å². The number of methoxy groups -OCH3 is 2. The zero-order valence-electron chi connectivity index (χ0n) is 10.8. The molecule has 0 bridgehead atoms. The Bertz CT molecular complexity index is 250. The van der Waals surface area contributed by atoms with Gasteiger partial charge in [-0.05, 0) is 12.8 Å². The van der Waals surface area contributed by atoms with Crippen LogP contribution in [0.2, 0.25) is 0 Å². The first-order chi connectivity index (χ1) is 8.61. The molecule has 106 valence electrons. The van der Waals surface area contributed by atoms with E-state index in [4.69, 9.17) is 14.6 Å². The van der Waals surface area contributed by atoms with E-state index in [2.05, 4.69) is 5.32 Å². The molecule has 1 unspecified atom stereocenters. The molecule has 0 saturated carbocycles. The zero-order valence-corrected chi connectivity index (χ0v) is 11.6. The summed E-state index contributed by atoms with van der Waals surface area (Å²) in [6.45, 7) is 1.07. The van der Waals surface area contributed by atoms with Gasteiger partial charge in [0.25, 0.3) is 0 Å². The molecule has 0 aliphatic carbocycles. The summed E-state index contributed by atoms with van der Waals surface area (Å²) in [6.07, 6.45) is 0.974. The Hall–Kier alpha value is -0.790. The van der Waals surface area contributed by atoms with Crippen molar-refractivity contribution >= 4 is 23.6 Å². The maximum atomic E-state index is 11.5. The second-order valence-electron chi connectivity index (χ2n) is 3.64. The lowest BCUT2D eigenvalue weighted by Crippen LogP contribution is -2.41. The number of nitrogens with one attached hydrogen (secondary N) is 1. The van der Waals surface area contributed by atoms with Crippen molar-refractivity contribution in [3.63, 3.8) is 0 Å². The van der Waals surface area contributed by atoms with E-state index in [9.17, 15) is 9.59 Å². The first kappa shape index (κ1) is 17.2. The summed E-state index contributed by atoms with van der Waals surface area (Å²) in [5, 5.41) is 11.4. The van der Waals surface area contributed by atoms with Crippen molar-refractivity contribution in [3.05, 3.63) is 0 Å². The van der Waals surface area contributed by atoms with E-state index in [0.717, 1.165) is 0 Å². The molecule has 18 heavy (non-hydrogen) atoms.